The van der Waals surface area contributed by atoms with Crippen LogP contribution in [0, 0.1) is 6.57 Å². The first-order valence-electron chi connectivity index (χ1n) is 13.3. The van der Waals surface area contributed by atoms with Gasteiger partial charge in [-0.1, -0.05) is 0 Å². The summed E-state index contributed by atoms with van der Waals surface area (Å²) in [6.45, 7) is 10.5. The molecule has 0 aliphatic carbocycles. The normalized spacial score (nSPS) is 14.8. The number of benzene rings is 3. The summed E-state index contributed by atoms with van der Waals surface area (Å²) in [7, 11) is -8.41. The van der Waals surface area contributed by atoms with Gasteiger partial charge in [-0.2, -0.15) is 0 Å². The van der Waals surface area contributed by atoms with E-state index in [4.69, 9.17) is 22.7 Å². The first kappa shape index (κ1) is 31.2. The molecule has 0 radical (unpaired) electrons. The van der Waals surface area contributed by atoms with Gasteiger partial charge in [0.05, 0.1) is 0 Å². The van der Waals surface area contributed by atoms with Crippen LogP contribution in [0.1, 0.15) is 24.3 Å². The van der Waals surface area contributed by atoms with Gasteiger partial charge in [0.15, 0.2) is 0 Å². The number of unbranched alkanes of at least 4 members (excludes halogenated alkanes) is 1. The van der Waals surface area contributed by atoms with Gasteiger partial charge in [-0.25, -0.2) is 0 Å². The molecule has 10 nitrogen and oxygen atoms in total. The van der Waals surface area contributed by atoms with Crippen molar-refractivity contribution in [2.24, 2.45) is 0 Å². The van der Waals surface area contributed by atoms with Crippen molar-refractivity contribution in [3.63, 3.8) is 0 Å². The molecule has 2 N–H and O–H groups in total. The van der Waals surface area contributed by atoms with Crippen LogP contribution >= 0.6 is 11.6 Å². The van der Waals surface area contributed by atoms with Gasteiger partial charge in [-0.3, -0.25) is 0 Å². The van der Waals surface area contributed by atoms with E-state index in [0.29, 0.717) is 30.2 Å². The Morgan fingerprint density at radius 2 is 1.77 bits per heavy atom. The SMILES string of the molecule is [C-]#[N+]c1cc2c(cc1Cl)N(CC)/C(=C\C=C\c1[se]c3ccc4ccccc4c3[n+]1CS(=O)(=O)O)N2CCCCS(=O)(=O)O. The fourth-order valence-corrected chi connectivity index (χ4v) is 9.09. The molecule has 0 saturated heterocycles. The van der Waals surface area contributed by atoms with E-state index in [9.17, 15) is 21.4 Å². The average Bonchev–Trinajstić information content (AvgIpc) is 3.43. The van der Waals surface area contributed by atoms with Gasteiger partial charge in [0.1, 0.15) is 0 Å². The Bertz CT molecular complexity index is 2050. The molecule has 14 heteroatoms. The van der Waals surface area contributed by atoms with Crippen LogP contribution in [0.2, 0.25) is 5.02 Å². The molecule has 1 aliphatic rings. The molecular weight excluding hydrogens is 679 g/mol. The molecule has 0 amide bonds. The Labute approximate surface area is 261 Å². The third kappa shape index (κ3) is 6.81. The van der Waals surface area contributed by atoms with Crippen molar-refractivity contribution < 1.29 is 30.5 Å². The Kier molecular flexibility index (Phi) is 9.02. The molecular formula is C29H28ClN4O6S2Se+. The molecule has 0 unspecified atom stereocenters. The minimum absolute atomic E-state index is 0.227. The summed E-state index contributed by atoms with van der Waals surface area (Å²) in [5, 5.41) is 2.19. The second-order valence-corrected chi connectivity index (χ2v) is 15.5. The molecule has 5 rings (SSSR count). The van der Waals surface area contributed by atoms with E-state index in [-0.39, 0.29) is 26.7 Å². The quantitative estimate of drug-likeness (QED) is 0.0754. The zero-order valence-corrected chi connectivity index (χ0v) is 27.1. The molecule has 1 aromatic heterocycles. The van der Waals surface area contributed by atoms with Crippen molar-refractivity contribution in [1.82, 2.24) is 0 Å². The van der Waals surface area contributed by atoms with Crippen LogP contribution in [0.5, 0.6) is 0 Å². The van der Waals surface area contributed by atoms with Gasteiger partial charge in [0.2, 0.25) is 0 Å². The van der Waals surface area contributed by atoms with Gasteiger partial charge < -0.3 is 0 Å². The number of allylic oxidation sites excluding steroid dienone is 2. The summed E-state index contributed by atoms with van der Waals surface area (Å²) in [5.74, 6) is -0.151. The van der Waals surface area contributed by atoms with Gasteiger partial charge in [0, 0.05) is 0 Å². The monoisotopic (exact) mass is 707 g/mol. The second kappa shape index (κ2) is 12.4. The molecule has 43 heavy (non-hydrogen) atoms. The third-order valence-corrected chi connectivity index (χ3v) is 11.1. The van der Waals surface area contributed by atoms with Crippen molar-refractivity contribution >= 4 is 90.0 Å². The molecule has 4 aromatic rings. The van der Waals surface area contributed by atoms with Crippen molar-refractivity contribution in [2.75, 3.05) is 28.6 Å². The summed E-state index contributed by atoms with van der Waals surface area (Å²) >= 11 is 6.16. The van der Waals surface area contributed by atoms with Crippen LogP contribution in [-0.2, 0) is 26.1 Å². The summed E-state index contributed by atoms with van der Waals surface area (Å²) in [4.78, 5) is 7.55. The number of nitrogens with zero attached hydrogens (tertiary/aromatic N) is 4. The Morgan fingerprint density at radius 3 is 2.47 bits per heavy atom. The predicted molar refractivity (Wildman–Crippen MR) is 171 cm³/mol. The van der Waals surface area contributed by atoms with E-state index < -0.39 is 26.1 Å². The Morgan fingerprint density at radius 1 is 1.02 bits per heavy atom. The first-order valence-corrected chi connectivity index (χ1v) is 18.6. The van der Waals surface area contributed by atoms with E-state index in [1.54, 1.807) is 16.7 Å². The summed E-state index contributed by atoms with van der Waals surface area (Å²) < 4.78 is 69.0. The molecule has 3 aromatic carbocycles. The Hall–Kier alpha value is -3.21. The van der Waals surface area contributed by atoms with Gasteiger partial charge in [-0.15, -0.1) is 0 Å². The average molecular weight is 707 g/mol. The van der Waals surface area contributed by atoms with Crippen LogP contribution in [0.4, 0.5) is 17.1 Å². The fourth-order valence-electron chi connectivity index (χ4n) is 5.26. The maximum atomic E-state index is 12.1. The zero-order valence-electron chi connectivity index (χ0n) is 23.0. The van der Waals surface area contributed by atoms with E-state index >= 15 is 0 Å². The van der Waals surface area contributed by atoms with Crippen molar-refractivity contribution in [3.05, 3.63) is 87.5 Å². The van der Waals surface area contributed by atoms with Gasteiger partial charge >= 0.3 is 262 Å². The van der Waals surface area contributed by atoms with Crippen LogP contribution in [-0.4, -0.2) is 59.3 Å². The van der Waals surface area contributed by atoms with Crippen LogP contribution in [0.25, 0.3) is 31.5 Å². The maximum absolute atomic E-state index is 12.1. The fraction of sp³-hybridized carbons (Fsp3) is 0.241. The summed E-state index contributed by atoms with van der Waals surface area (Å²) in [5.41, 5.74) is 2.63. The standard InChI is InChI=1S/C29H27ClN4O6S2Se/c1-3-32-24-17-22(30)23(31-2)18-25(24)33(15-6-7-16-41(35,36)37)27(32)11-8-12-28-34(19-42(38,39)40)29-21-10-5-4-9-20(21)13-14-26(29)43-28/h4-5,8-14,17-18H,3,6-7,15-16,19H2,1H3,(H-,35,36,37,38,39,40)/p+1. The molecule has 1 aliphatic heterocycles. The van der Waals surface area contributed by atoms with E-state index in [1.165, 1.54) is 0 Å². The number of rotatable bonds is 10. The number of halogens is 1. The summed E-state index contributed by atoms with van der Waals surface area (Å²) in [6, 6.07) is 15.2. The molecule has 224 valence electrons. The van der Waals surface area contributed by atoms with E-state index in [0.717, 1.165) is 42.3 Å². The van der Waals surface area contributed by atoms with Crippen LogP contribution in [0.15, 0.2) is 66.5 Å². The minimum atomic E-state index is -4.33. The van der Waals surface area contributed by atoms with Crippen molar-refractivity contribution in [2.45, 2.75) is 25.6 Å². The first-order chi connectivity index (χ1) is 20.4. The Balaban J connectivity index is 1.57. The van der Waals surface area contributed by atoms with E-state index in [1.807, 2.05) is 71.3 Å². The van der Waals surface area contributed by atoms with Gasteiger partial charge in [-0.05, 0) is 0 Å². The summed E-state index contributed by atoms with van der Waals surface area (Å²) in [6.07, 6.45) is 6.26. The van der Waals surface area contributed by atoms with Crippen molar-refractivity contribution in [1.29, 1.82) is 0 Å². The second-order valence-electron chi connectivity index (χ2n) is 9.89. The molecule has 0 atom stereocenters. The van der Waals surface area contributed by atoms with Crippen LogP contribution < -0.4 is 14.4 Å². The molecule has 2 heterocycles. The zero-order chi connectivity index (χ0) is 30.9. The van der Waals surface area contributed by atoms with Crippen molar-refractivity contribution in [3.8, 4) is 0 Å². The number of anilines is 2. The van der Waals surface area contributed by atoms with Crippen LogP contribution in [0.3, 0.4) is 0 Å². The topological polar surface area (TPSA) is 123 Å². The molecule has 0 bridgehead atoms. The number of hydrogen-bond acceptors (Lipinski definition) is 6. The molecule has 0 saturated carbocycles. The number of aromatic nitrogens is 1. The number of fused-ring (bicyclic) bond motifs is 4. The number of hydrogen-bond donors (Lipinski definition) is 2. The predicted octanol–water partition coefficient (Wildman–Crippen LogP) is 5.26. The molecule has 0 fully saturated rings. The van der Waals surface area contributed by atoms with Gasteiger partial charge in [0.25, 0.3) is 0 Å². The molecule has 0 spiro atoms. The van der Waals surface area contributed by atoms with E-state index in [2.05, 4.69) is 4.85 Å². The third-order valence-electron chi connectivity index (χ3n) is 7.04.